The van der Waals surface area contributed by atoms with Gasteiger partial charge in [-0.2, -0.15) is 0 Å². The first-order chi connectivity index (χ1) is 7.72. The lowest BCUT2D eigenvalue weighted by atomic mass is 10.1. The van der Waals surface area contributed by atoms with Crippen LogP contribution in [0.4, 0.5) is 5.69 Å². The number of nitrogen functional groups attached to an aromatic ring is 1. The summed E-state index contributed by atoms with van der Waals surface area (Å²) in [6.45, 7) is 2.97. The SMILES string of the molecule is CCC1CCCN1C(=O)c1ccc(N)cn1. The number of hydrogen-bond donors (Lipinski definition) is 1. The summed E-state index contributed by atoms with van der Waals surface area (Å²) in [6.07, 6.45) is 4.75. The molecule has 1 unspecified atom stereocenters. The predicted octanol–water partition coefficient (Wildman–Crippen LogP) is 1.68. The summed E-state index contributed by atoms with van der Waals surface area (Å²) in [5.74, 6) is 0.0318. The Morgan fingerprint density at radius 3 is 3.06 bits per heavy atom. The lowest BCUT2D eigenvalue weighted by molar-refractivity contribution is 0.0728. The monoisotopic (exact) mass is 219 g/mol. The summed E-state index contributed by atoms with van der Waals surface area (Å²) in [5.41, 5.74) is 6.63. The molecule has 0 aliphatic carbocycles. The molecule has 0 aromatic carbocycles. The van der Waals surface area contributed by atoms with Crippen molar-refractivity contribution in [2.45, 2.75) is 32.2 Å². The van der Waals surface area contributed by atoms with Gasteiger partial charge in [-0.1, -0.05) is 6.92 Å². The largest absolute Gasteiger partial charge is 0.397 e. The highest BCUT2D eigenvalue weighted by Gasteiger charge is 2.28. The van der Waals surface area contributed by atoms with Gasteiger partial charge >= 0.3 is 0 Å². The number of pyridine rings is 1. The molecule has 16 heavy (non-hydrogen) atoms. The Morgan fingerprint density at radius 1 is 1.62 bits per heavy atom. The minimum Gasteiger partial charge on any atom is -0.397 e. The fraction of sp³-hybridized carbons (Fsp3) is 0.500. The Hall–Kier alpha value is -1.58. The van der Waals surface area contributed by atoms with Gasteiger partial charge in [0.05, 0.1) is 11.9 Å². The fourth-order valence-corrected chi connectivity index (χ4v) is 2.21. The Bertz CT molecular complexity index is 374. The maximum Gasteiger partial charge on any atom is 0.272 e. The van der Waals surface area contributed by atoms with E-state index in [0.29, 0.717) is 17.4 Å². The van der Waals surface area contributed by atoms with Crippen molar-refractivity contribution in [1.82, 2.24) is 9.88 Å². The van der Waals surface area contributed by atoms with E-state index in [0.717, 1.165) is 25.8 Å². The second kappa shape index (κ2) is 4.51. The van der Waals surface area contributed by atoms with Crippen molar-refractivity contribution in [2.24, 2.45) is 0 Å². The van der Waals surface area contributed by atoms with Gasteiger partial charge in [0.15, 0.2) is 0 Å². The third-order valence-electron chi connectivity index (χ3n) is 3.11. The first kappa shape index (κ1) is 10.9. The van der Waals surface area contributed by atoms with Crippen LogP contribution in [0, 0.1) is 0 Å². The number of nitrogens with two attached hydrogens (primary N) is 1. The van der Waals surface area contributed by atoms with Crippen molar-refractivity contribution in [3.63, 3.8) is 0 Å². The van der Waals surface area contributed by atoms with Gasteiger partial charge in [-0.15, -0.1) is 0 Å². The zero-order valence-electron chi connectivity index (χ0n) is 9.52. The van der Waals surface area contributed by atoms with Crippen LogP contribution in [-0.4, -0.2) is 28.4 Å². The molecular formula is C12H17N3O. The molecule has 0 bridgehead atoms. The Balaban J connectivity index is 2.15. The number of carbonyl (C=O) groups excluding carboxylic acids is 1. The second-order valence-corrected chi connectivity index (χ2v) is 4.18. The van der Waals surface area contributed by atoms with Gasteiger partial charge in [0.1, 0.15) is 5.69 Å². The molecule has 86 valence electrons. The van der Waals surface area contributed by atoms with E-state index in [1.807, 2.05) is 4.90 Å². The topological polar surface area (TPSA) is 59.2 Å². The molecule has 4 heteroatoms. The van der Waals surface area contributed by atoms with Crippen LogP contribution in [0.1, 0.15) is 36.7 Å². The highest BCUT2D eigenvalue weighted by molar-refractivity contribution is 5.92. The van der Waals surface area contributed by atoms with Crippen LogP contribution in [0.25, 0.3) is 0 Å². The van der Waals surface area contributed by atoms with Gasteiger partial charge in [-0.3, -0.25) is 4.79 Å². The summed E-state index contributed by atoms with van der Waals surface area (Å²) in [5, 5.41) is 0. The number of aromatic nitrogens is 1. The van der Waals surface area contributed by atoms with Crippen molar-refractivity contribution >= 4 is 11.6 Å². The lowest BCUT2D eigenvalue weighted by Crippen LogP contribution is -2.35. The van der Waals surface area contributed by atoms with Gasteiger partial charge in [0.2, 0.25) is 0 Å². The molecule has 1 aromatic rings. The first-order valence-corrected chi connectivity index (χ1v) is 5.75. The smallest absolute Gasteiger partial charge is 0.272 e. The molecule has 2 N–H and O–H groups in total. The van der Waals surface area contributed by atoms with Crippen molar-refractivity contribution in [2.75, 3.05) is 12.3 Å². The van der Waals surface area contributed by atoms with E-state index < -0.39 is 0 Å². The second-order valence-electron chi connectivity index (χ2n) is 4.18. The van der Waals surface area contributed by atoms with E-state index >= 15 is 0 Å². The van der Waals surface area contributed by atoms with Crippen LogP contribution in [-0.2, 0) is 0 Å². The van der Waals surface area contributed by atoms with Crippen LogP contribution in [0.5, 0.6) is 0 Å². The van der Waals surface area contributed by atoms with Gasteiger partial charge in [0.25, 0.3) is 5.91 Å². The summed E-state index contributed by atoms with van der Waals surface area (Å²) in [6, 6.07) is 3.80. The molecule has 1 aliphatic heterocycles. The van der Waals surface area contributed by atoms with E-state index in [1.165, 1.54) is 6.20 Å². The average molecular weight is 219 g/mol. The maximum atomic E-state index is 12.2. The zero-order valence-corrected chi connectivity index (χ0v) is 9.52. The minimum absolute atomic E-state index is 0.0318. The third kappa shape index (κ3) is 2.01. The van der Waals surface area contributed by atoms with E-state index in [2.05, 4.69) is 11.9 Å². The van der Waals surface area contributed by atoms with Crippen LogP contribution < -0.4 is 5.73 Å². The van der Waals surface area contributed by atoms with Crippen molar-refractivity contribution in [3.05, 3.63) is 24.0 Å². The van der Waals surface area contributed by atoms with Crippen molar-refractivity contribution < 1.29 is 4.79 Å². The lowest BCUT2D eigenvalue weighted by Gasteiger charge is -2.23. The summed E-state index contributed by atoms with van der Waals surface area (Å²) < 4.78 is 0. The van der Waals surface area contributed by atoms with E-state index in [9.17, 15) is 4.79 Å². The number of carbonyl (C=O) groups is 1. The molecule has 4 nitrogen and oxygen atoms in total. The zero-order chi connectivity index (χ0) is 11.5. The van der Waals surface area contributed by atoms with E-state index in [4.69, 9.17) is 5.73 Å². The molecule has 1 aromatic heterocycles. The Morgan fingerprint density at radius 2 is 2.44 bits per heavy atom. The number of rotatable bonds is 2. The molecule has 1 saturated heterocycles. The number of anilines is 1. The van der Waals surface area contributed by atoms with E-state index in [-0.39, 0.29) is 5.91 Å². The quantitative estimate of drug-likeness (QED) is 0.823. The van der Waals surface area contributed by atoms with Gasteiger partial charge in [0, 0.05) is 12.6 Å². The summed E-state index contributed by atoms with van der Waals surface area (Å²) in [7, 11) is 0. The molecule has 2 heterocycles. The molecule has 2 rings (SSSR count). The Kier molecular flexibility index (Phi) is 3.08. The van der Waals surface area contributed by atoms with Crippen molar-refractivity contribution in [3.8, 4) is 0 Å². The predicted molar refractivity (Wildman–Crippen MR) is 63.0 cm³/mol. The van der Waals surface area contributed by atoms with Crippen LogP contribution >= 0.6 is 0 Å². The molecule has 1 aliphatic rings. The molecule has 0 spiro atoms. The highest BCUT2D eigenvalue weighted by Crippen LogP contribution is 2.21. The third-order valence-corrected chi connectivity index (χ3v) is 3.11. The molecule has 1 amide bonds. The summed E-state index contributed by atoms with van der Waals surface area (Å²) >= 11 is 0. The average Bonchev–Trinajstić information content (AvgIpc) is 2.77. The summed E-state index contributed by atoms with van der Waals surface area (Å²) in [4.78, 5) is 18.2. The molecular weight excluding hydrogens is 202 g/mol. The van der Waals surface area contributed by atoms with Crippen LogP contribution in [0.15, 0.2) is 18.3 Å². The van der Waals surface area contributed by atoms with Gasteiger partial charge in [-0.25, -0.2) is 4.98 Å². The molecule has 0 radical (unpaired) electrons. The minimum atomic E-state index is 0.0318. The number of hydrogen-bond acceptors (Lipinski definition) is 3. The maximum absolute atomic E-state index is 12.2. The van der Waals surface area contributed by atoms with Gasteiger partial charge < -0.3 is 10.6 Å². The standard InChI is InChI=1S/C12H17N3O/c1-2-10-4-3-7-15(10)12(16)11-6-5-9(13)8-14-11/h5-6,8,10H,2-4,7,13H2,1H3. The highest BCUT2D eigenvalue weighted by atomic mass is 16.2. The van der Waals surface area contributed by atoms with Gasteiger partial charge in [-0.05, 0) is 31.4 Å². The Labute approximate surface area is 95.5 Å². The molecule has 1 fully saturated rings. The van der Waals surface area contributed by atoms with E-state index in [1.54, 1.807) is 12.1 Å². The van der Waals surface area contributed by atoms with Crippen LogP contribution in [0.2, 0.25) is 0 Å². The fourth-order valence-electron chi connectivity index (χ4n) is 2.21. The van der Waals surface area contributed by atoms with Crippen LogP contribution in [0.3, 0.4) is 0 Å². The first-order valence-electron chi connectivity index (χ1n) is 5.75. The normalized spacial score (nSPS) is 20.1. The molecule has 0 saturated carbocycles. The van der Waals surface area contributed by atoms with Crippen molar-refractivity contribution in [1.29, 1.82) is 0 Å². The number of amides is 1. The molecule has 1 atom stereocenters. The number of likely N-dealkylation sites (tertiary alicyclic amines) is 1. The number of nitrogens with zero attached hydrogens (tertiary/aromatic N) is 2.